The van der Waals surface area contributed by atoms with Gasteiger partial charge in [0.1, 0.15) is 11.6 Å². The van der Waals surface area contributed by atoms with Crippen LogP contribution < -0.4 is 4.90 Å². The molecule has 1 aromatic carbocycles. The fourth-order valence-corrected chi connectivity index (χ4v) is 3.75. The van der Waals surface area contributed by atoms with Crippen molar-refractivity contribution in [3.63, 3.8) is 0 Å². The summed E-state index contributed by atoms with van der Waals surface area (Å²) in [7, 11) is 0. The number of amides is 1. The van der Waals surface area contributed by atoms with Crippen LogP contribution in [-0.4, -0.2) is 42.1 Å². The van der Waals surface area contributed by atoms with Gasteiger partial charge >= 0.3 is 0 Å². The van der Waals surface area contributed by atoms with Crippen LogP contribution in [0, 0.1) is 11.7 Å². The highest BCUT2D eigenvalue weighted by molar-refractivity contribution is 5.94. The molecule has 4 rings (SSSR count). The minimum Gasteiger partial charge on any atom is -0.366 e. The number of hydrogen-bond donors (Lipinski definition) is 0. The van der Waals surface area contributed by atoms with E-state index in [1.807, 2.05) is 11.0 Å². The molecule has 132 valence electrons. The lowest BCUT2D eigenvalue weighted by Crippen LogP contribution is -2.49. The minimum atomic E-state index is -0.221. The molecule has 1 amide bonds. The van der Waals surface area contributed by atoms with Crippen LogP contribution in [0.3, 0.4) is 0 Å². The van der Waals surface area contributed by atoms with E-state index in [0.29, 0.717) is 43.5 Å². The fraction of sp³-hybridized carbons (Fsp3) is 0.474. The van der Waals surface area contributed by atoms with E-state index < -0.39 is 0 Å². The van der Waals surface area contributed by atoms with Gasteiger partial charge in [-0.25, -0.2) is 4.39 Å². The third-order valence-electron chi connectivity index (χ3n) is 5.25. The second-order valence-electron chi connectivity index (χ2n) is 7.01. The molecule has 2 aliphatic rings. The number of para-hydroxylation sites is 1. The Morgan fingerprint density at radius 1 is 1.24 bits per heavy atom. The van der Waals surface area contributed by atoms with Gasteiger partial charge in [0.2, 0.25) is 0 Å². The molecule has 0 bridgehead atoms. The number of fused-ring (bicyclic) bond motifs is 1. The molecule has 1 atom stereocenters. The molecule has 1 aliphatic heterocycles. The van der Waals surface area contributed by atoms with Crippen LogP contribution in [0.2, 0.25) is 0 Å². The summed E-state index contributed by atoms with van der Waals surface area (Å²) in [5, 5.41) is 4.06. The quantitative estimate of drug-likeness (QED) is 0.841. The smallest absolute Gasteiger partial charge is 0.276 e. The summed E-state index contributed by atoms with van der Waals surface area (Å²) in [6.07, 6.45) is 2.80. The van der Waals surface area contributed by atoms with Crippen LogP contribution >= 0.6 is 0 Å². The van der Waals surface area contributed by atoms with E-state index in [1.165, 1.54) is 6.07 Å². The van der Waals surface area contributed by atoms with Crippen LogP contribution in [0.5, 0.6) is 0 Å². The average molecular weight is 343 g/mol. The van der Waals surface area contributed by atoms with E-state index in [9.17, 15) is 9.18 Å². The van der Waals surface area contributed by atoms with Crippen molar-refractivity contribution >= 4 is 11.6 Å². The second kappa shape index (κ2) is 6.50. The predicted molar refractivity (Wildman–Crippen MR) is 92.2 cm³/mol. The molecule has 0 unspecified atom stereocenters. The molecule has 2 aromatic rings. The number of hydrogen-bond acceptors (Lipinski definition) is 4. The van der Waals surface area contributed by atoms with Crippen molar-refractivity contribution in [2.24, 2.45) is 5.92 Å². The van der Waals surface area contributed by atoms with Crippen molar-refractivity contribution in [1.82, 2.24) is 10.1 Å². The number of aromatic nitrogens is 1. The highest BCUT2D eigenvalue weighted by Crippen LogP contribution is 2.29. The van der Waals surface area contributed by atoms with Gasteiger partial charge in [-0.2, -0.15) is 0 Å². The Morgan fingerprint density at radius 2 is 2.00 bits per heavy atom. The Bertz CT molecular complexity index is 781. The van der Waals surface area contributed by atoms with Crippen LogP contribution in [-0.2, 0) is 12.8 Å². The van der Waals surface area contributed by atoms with Crippen molar-refractivity contribution in [1.29, 1.82) is 0 Å². The minimum absolute atomic E-state index is 0.0627. The predicted octanol–water partition coefficient (Wildman–Crippen LogP) is 2.90. The first-order valence-electron chi connectivity index (χ1n) is 8.89. The molecule has 25 heavy (non-hydrogen) atoms. The summed E-state index contributed by atoms with van der Waals surface area (Å²) in [4.78, 5) is 16.6. The Balaban J connectivity index is 1.46. The zero-order valence-corrected chi connectivity index (χ0v) is 14.4. The molecule has 0 spiro atoms. The first kappa shape index (κ1) is 16.1. The number of aryl methyl sites for hydroxylation is 1. The maximum Gasteiger partial charge on any atom is 0.276 e. The van der Waals surface area contributed by atoms with Gasteiger partial charge in [-0.15, -0.1) is 0 Å². The third-order valence-corrected chi connectivity index (χ3v) is 5.25. The lowest BCUT2D eigenvalue weighted by molar-refractivity contribution is 0.0735. The van der Waals surface area contributed by atoms with E-state index >= 15 is 0 Å². The van der Waals surface area contributed by atoms with Gasteiger partial charge in [0.25, 0.3) is 5.91 Å². The van der Waals surface area contributed by atoms with Gasteiger partial charge in [0.05, 0.1) is 5.69 Å². The lowest BCUT2D eigenvalue weighted by atomic mass is 9.88. The Morgan fingerprint density at radius 3 is 2.76 bits per heavy atom. The number of halogens is 1. The molecule has 1 saturated heterocycles. The van der Waals surface area contributed by atoms with Crippen molar-refractivity contribution in [3.8, 4) is 0 Å². The number of rotatable bonds is 2. The molecular weight excluding hydrogens is 321 g/mol. The van der Waals surface area contributed by atoms with E-state index in [2.05, 4.69) is 12.1 Å². The summed E-state index contributed by atoms with van der Waals surface area (Å²) in [5.74, 6) is 1.14. The first-order chi connectivity index (χ1) is 12.1. The van der Waals surface area contributed by atoms with Crippen LogP contribution in [0.25, 0.3) is 0 Å². The molecule has 0 radical (unpaired) electrons. The monoisotopic (exact) mass is 343 g/mol. The van der Waals surface area contributed by atoms with Gasteiger partial charge in [-0.1, -0.05) is 24.2 Å². The van der Waals surface area contributed by atoms with Crippen molar-refractivity contribution in [2.75, 3.05) is 31.1 Å². The summed E-state index contributed by atoms with van der Waals surface area (Å²) >= 11 is 0. The van der Waals surface area contributed by atoms with Gasteiger partial charge in [-0.05, 0) is 30.9 Å². The number of benzene rings is 1. The van der Waals surface area contributed by atoms with Crippen molar-refractivity contribution < 1.29 is 13.7 Å². The van der Waals surface area contributed by atoms with Gasteiger partial charge < -0.3 is 14.3 Å². The van der Waals surface area contributed by atoms with Gasteiger partial charge in [0, 0.05) is 38.2 Å². The molecule has 1 aromatic heterocycles. The Kier molecular flexibility index (Phi) is 4.19. The molecule has 6 heteroatoms. The number of carbonyl (C=O) groups excluding carboxylic acids is 1. The highest BCUT2D eigenvalue weighted by Gasteiger charge is 2.31. The zero-order valence-electron chi connectivity index (χ0n) is 14.4. The first-order valence-corrected chi connectivity index (χ1v) is 8.89. The summed E-state index contributed by atoms with van der Waals surface area (Å²) in [6, 6.07) is 6.77. The number of piperazine rings is 1. The van der Waals surface area contributed by atoms with Crippen LogP contribution in [0.1, 0.15) is 35.2 Å². The molecule has 1 aliphatic carbocycles. The van der Waals surface area contributed by atoms with Crippen LogP contribution in [0.4, 0.5) is 10.1 Å². The molecule has 5 nitrogen and oxygen atoms in total. The maximum absolute atomic E-state index is 13.9. The second-order valence-corrected chi connectivity index (χ2v) is 7.01. The Hall–Kier alpha value is -2.37. The Labute approximate surface area is 146 Å². The zero-order chi connectivity index (χ0) is 17.4. The molecule has 0 N–H and O–H groups in total. The topological polar surface area (TPSA) is 49.6 Å². The van der Waals surface area contributed by atoms with E-state index in [1.54, 1.807) is 17.0 Å². The normalized spacial score (nSPS) is 20.5. The fourth-order valence-electron chi connectivity index (χ4n) is 3.75. The summed E-state index contributed by atoms with van der Waals surface area (Å²) in [5.41, 5.74) is 2.06. The number of nitrogens with zero attached hydrogens (tertiary/aromatic N) is 3. The van der Waals surface area contributed by atoms with E-state index in [4.69, 9.17) is 4.52 Å². The van der Waals surface area contributed by atoms with Gasteiger partial charge in [0.15, 0.2) is 5.69 Å². The third kappa shape index (κ3) is 3.01. The lowest BCUT2D eigenvalue weighted by Gasteiger charge is -2.36. The molecule has 1 fully saturated rings. The maximum atomic E-state index is 13.9. The summed E-state index contributed by atoms with van der Waals surface area (Å²) < 4.78 is 19.3. The van der Waals surface area contributed by atoms with E-state index in [0.717, 1.165) is 30.6 Å². The number of anilines is 1. The standard InChI is InChI=1S/C19H22FN3O2/c1-13-6-7-17-14(12-13)18(21-25-17)19(24)23-10-8-22(9-11-23)16-5-3-2-4-15(16)20/h2-5,13H,6-12H2,1H3/t13-/m0/s1. The molecule has 0 saturated carbocycles. The average Bonchev–Trinajstić information content (AvgIpc) is 3.05. The molecular formula is C19H22FN3O2. The van der Waals surface area contributed by atoms with Gasteiger partial charge in [-0.3, -0.25) is 4.79 Å². The van der Waals surface area contributed by atoms with Crippen LogP contribution in [0.15, 0.2) is 28.8 Å². The SMILES string of the molecule is C[C@H]1CCc2onc(C(=O)N3CCN(c4ccccc4F)CC3)c2C1. The largest absolute Gasteiger partial charge is 0.366 e. The van der Waals surface area contributed by atoms with Crippen molar-refractivity contribution in [3.05, 3.63) is 47.1 Å². The summed E-state index contributed by atoms with van der Waals surface area (Å²) in [6.45, 7) is 4.54. The van der Waals surface area contributed by atoms with Crippen molar-refractivity contribution in [2.45, 2.75) is 26.2 Å². The van der Waals surface area contributed by atoms with E-state index in [-0.39, 0.29) is 11.7 Å². The number of carbonyl (C=O) groups is 1. The molecule has 2 heterocycles. The highest BCUT2D eigenvalue weighted by atomic mass is 19.1.